The molecule has 0 bridgehead atoms. The fourth-order valence-corrected chi connectivity index (χ4v) is 1.56. The molecule has 8 heteroatoms. The molecule has 0 amide bonds. The molecule has 0 spiro atoms. The summed E-state index contributed by atoms with van der Waals surface area (Å²) < 4.78 is 11.5. The van der Waals surface area contributed by atoms with Gasteiger partial charge in [0.15, 0.2) is 18.4 Å². The molecule has 8 nitrogen and oxygen atoms in total. The van der Waals surface area contributed by atoms with E-state index >= 15 is 0 Å². The quantitative estimate of drug-likeness (QED) is 0.616. The van der Waals surface area contributed by atoms with Crippen LogP contribution in [0.15, 0.2) is 29.1 Å². The summed E-state index contributed by atoms with van der Waals surface area (Å²) in [5.74, 6) is -1.19. The standard InChI is InChI=1S/C13H13N3O5/c1-2-20-13(19)10-8-21-12(15-10)9-3-5-16(14-7-9)6-4-11(17)18/h3,5,7-8H,2,4,6H2,1H3/p+1. The van der Waals surface area contributed by atoms with Crippen molar-refractivity contribution < 1.29 is 28.5 Å². The number of carboxylic acids is 1. The molecule has 0 saturated heterocycles. The molecular weight excluding hydrogens is 278 g/mol. The zero-order chi connectivity index (χ0) is 15.2. The monoisotopic (exact) mass is 292 g/mol. The van der Waals surface area contributed by atoms with Gasteiger partial charge in [-0.15, -0.1) is 0 Å². The molecule has 0 aliphatic rings. The number of aromatic nitrogens is 3. The summed E-state index contributed by atoms with van der Waals surface area (Å²) in [6, 6.07) is 1.68. The molecule has 0 saturated carbocycles. The SMILES string of the molecule is CCOC(=O)c1coc(-c2cc[n+](CCC(=O)O)nc2)n1. The van der Waals surface area contributed by atoms with Gasteiger partial charge in [-0.05, 0) is 12.0 Å². The molecule has 110 valence electrons. The molecule has 2 aromatic heterocycles. The molecule has 0 radical (unpaired) electrons. The van der Waals surface area contributed by atoms with Gasteiger partial charge in [-0.1, -0.05) is 4.68 Å². The Bertz CT molecular complexity index is 636. The van der Waals surface area contributed by atoms with Crippen molar-refractivity contribution in [1.82, 2.24) is 10.1 Å². The van der Waals surface area contributed by atoms with Gasteiger partial charge in [0, 0.05) is 6.07 Å². The topological polar surface area (TPSA) is 106 Å². The van der Waals surface area contributed by atoms with Crippen molar-refractivity contribution in [2.75, 3.05) is 6.61 Å². The van der Waals surface area contributed by atoms with Crippen molar-refractivity contribution in [2.45, 2.75) is 19.9 Å². The maximum absolute atomic E-state index is 11.5. The minimum atomic E-state index is -0.889. The fourth-order valence-electron chi connectivity index (χ4n) is 1.56. The largest absolute Gasteiger partial charge is 0.481 e. The maximum atomic E-state index is 11.5. The lowest BCUT2D eigenvalue weighted by molar-refractivity contribution is -0.752. The first-order valence-corrected chi connectivity index (χ1v) is 6.30. The highest BCUT2D eigenvalue weighted by molar-refractivity contribution is 5.87. The molecular formula is C13H14N3O5+. The summed E-state index contributed by atoms with van der Waals surface area (Å²) >= 11 is 0. The molecule has 0 unspecified atom stereocenters. The number of nitrogens with zero attached hydrogens (tertiary/aromatic N) is 3. The second-order valence-electron chi connectivity index (χ2n) is 4.08. The average molecular weight is 292 g/mol. The van der Waals surface area contributed by atoms with E-state index < -0.39 is 11.9 Å². The lowest BCUT2D eigenvalue weighted by Crippen LogP contribution is -2.38. The van der Waals surface area contributed by atoms with E-state index in [9.17, 15) is 9.59 Å². The Morgan fingerprint density at radius 2 is 2.29 bits per heavy atom. The Hall–Kier alpha value is -2.77. The number of esters is 1. The molecule has 0 aromatic carbocycles. The first-order valence-electron chi connectivity index (χ1n) is 6.30. The normalized spacial score (nSPS) is 10.3. The van der Waals surface area contributed by atoms with Crippen LogP contribution in [0.3, 0.4) is 0 Å². The van der Waals surface area contributed by atoms with Gasteiger partial charge in [0.2, 0.25) is 5.89 Å². The van der Waals surface area contributed by atoms with E-state index in [1.165, 1.54) is 17.1 Å². The van der Waals surface area contributed by atoms with E-state index in [0.29, 0.717) is 5.56 Å². The summed E-state index contributed by atoms with van der Waals surface area (Å²) in [6.45, 7) is 2.24. The minimum absolute atomic E-state index is 0.0109. The van der Waals surface area contributed by atoms with Gasteiger partial charge in [-0.25, -0.2) is 9.78 Å². The van der Waals surface area contributed by atoms with Gasteiger partial charge in [0.05, 0.1) is 12.2 Å². The van der Waals surface area contributed by atoms with Crippen molar-refractivity contribution in [3.8, 4) is 11.5 Å². The fraction of sp³-hybridized carbons (Fsp3) is 0.308. The smallest absolute Gasteiger partial charge is 0.360 e. The van der Waals surface area contributed by atoms with Crippen molar-refractivity contribution in [2.24, 2.45) is 0 Å². The number of carbonyl (C=O) groups is 2. The van der Waals surface area contributed by atoms with Crippen LogP contribution in [0, 0.1) is 0 Å². The number of aliphatic carboxylic acids is 1. The van der Waals surface area contributed by atoms with E-state index in [-0.39, 0.29) is 31.2 Å². The van der Waals surface area contributed by atoms with E-state index in [4.69, 9.17) is 14.3 Å². The Balaban J connectivity index is 2.08. The summed E-state index contributed by atoms with van der Waals surface area (Å²) in [4.78, 5) is 26.0. The average Bonchev–Trinajstić information content (AvgIpc) is 2.96. The molecule has 1 N–H and O–H groups in total. The molecule has 2 heterocycles. The highest BCUT2D eigenvalue weighted by Gasteiger charge is 2.15. The van der Waals surface area contributed by atoms with E-state index in [1.54, 1.807) is 19.2 Å². The highest BCUT2D eigenvalue weighted by atomic mass is 16.5. The summed E-state index contributed by atoms with van der Waals surface area (Å²) in [5.41, 5.74) is 0.673. The third-order valence-electron chi connectivity index (χ3n) is 2.56. The van der Waals surface area contributed by atoms with Crippen LogP contribution in [0.1, 0.15) is 23.8 Å². The predicted octanol–water partition coefficient (Wildman–Crippen LogP) is 0.675. The van der Waals surface area contributed by atoms with Crippen LogP contribution in [0.4, 0.5) is 0 Å². The second kappa shape index (κ2) is 6.60. The maximum Gasteiger partial charge on any atom is 0.360 e. The number of hydrogen-bond acceptors (Lipinski definition) is 6. The molecule has 0 atom stereocenters. The summed E-state index contributed by atoms with van der Waals surface area (Å²) in [6.07, 6.45) is 4.32. The van der Waals surface area contributed by atoms with Gasteiger partial charge < -0.3 is 14.3 Å². The molecule has 0 aliphatic carbocycles. The Morgan fingerprint density at radius 3 is 2.90 bits per heavy atom. The van der Waals surface area contributed by atoms with Crippen LogP contribution < -0.4 is 4.68 Å². The molecule has 2 aromatic rings. The van der Waals surface area contributed by atoms with E-state index in [1.807, 2.05) is 0 Å². The number of rotatable bonds is 6. The zero-order valence-electron chi connectivity index (χ0n) is 11.4. The minimum Gasteiger partial charge on any atom is -0.481 e. The van der Waals surface area contributed by atoms with Crippen LogP contribution in [0.2, 0.25) is 0 Å². The second-order valence-corrected chi connectivity index (χ2v) is 4.08. The van der Waals surface area contributed by atoms with Gasteiger partial charge in [-0.3, -0.25) is 4.79 Å². The van der Waals surface area contributed by atoms with Gasteiger partial charge in [-0.2, -0.15) is 0 Å². The van der Waals surface area contributed by atoms with E-state index in [0.717, 1.165) is 0 Å². The molecule has 21 heavy (non-hydrogen) atoms. The third kappa shape index (κ3) is 3.85. The van der Waals surface area contributed by atoms with E-state index in [2.05, 4.69) is 10.1 Å². The Morgan fingerprint density at radius 1 is 1.48 bits per heavy atom. The number of hydrogen-bond donors (Lipinski definition) is 1. The van der Waals surface area contributed by atoms with Crippen LogP contribution >= 0.6 is 0 Å². The van der Waals surface area contributed by atoms with Crippen LogP contribution in [-0.2, 0) is 16.1 Å². The third-order valence-corrected chi connectivity index (χ3v) is 2.56. The number of carbonyl (C=O) groups excluding carboxylic acids is 1. The van der Waals surface area contributed by atoms with Crippen molar-refractivity contribution in [3.05, 3.63) is 30.4 Å². The van der Waals surface area contributed by atoms with Crippen LogP contribution in [-0.4, -0.2) is 33.7 Å². The lowest BCUT2D eigenvalue weighted by atomic mass is 10.3. The predicted molar refractivity (Wildman–Crippen MR) is 68.1 cm³/mol. The highest BCUT2D eigenvalue weighted by Crippen LogP contribution is 2.16. The van der Waals surface area contributed by atoms with Crippen molar-refractivity contribution >= 4 is 11.9 Å². The summed E-state index contributed by atoms with van der Waals surface area (Å²) in [7, 11) is 0. The number of carboxylic acid groups (broad SMARTS) is 1. The first kappa shape index (κ1) is 14.6. The van der Waals surface area contributed by atoms with Gasteiger partial charge >= 0.3 is 11.9 Å². The van der Waals surface area contributed by atoms with Crippen molar-refractivity contribution in [1.29, 1.82) is 0 Å². The number of aryl methyl sites for hydroxylation is 1. The lowest BCUT2D eigenvalue weighted by Gasteiger charge is -1.95. The molecule has 0 aliphatic heterocycles. The number of oxazole rings is 1. The number of ether oxygens (including phenoxy) is 1. The Labute approximate surface area is 120 Å². The van der Waals surface area contributed by atoms with Gasteiger partial charge in [0.1, 0.15) is 18.9 Å². The van der Waals surface area contributed by atoms with Crippen molar-refractivity contribution in [3.63, 3.8) is 0 Å². The first-order chi connectivity index (χ1) is 10.1. The Kier molecular flexibility index (Phi) is 4.60. The van der Waals surface area contributed by atoms with Crippen LogP contribution in [0.25, 0.3) is 11.5 Å². The summed E-state index contributed by atoms with van der Waals surface area (Å²) in [5, 5.41) is 12.7. The molecule has 2 rings (SSSR count). The zero-order valence-corrected chi connectivity index (χ0v) is 11.4. The van der Waals surface area contributed by atoms with Crippen LogP contribution in [0.5, 0.6) is 0 Å². The van der Waals surface area contributed by atoms with Gasteiger partial charge in [0.25, 0.3) is 0 Å². The molecule has 0 fully saturated rings.